The first kappa shape index (κ1) is 13.5. The summed E-state index contributed by atoms with van der Waals surface area (Å²) in [4.78, 5) is 11.2. The second-order valence-electron chi connectivity index (χ2n) is 3.65. The lowest BCUT2D eigenvalue weighted by molar-refractivity contribution is -0.145. The number of ether oxygens (including phenoxy) is 2. The third-order valence-corrected chi connectivity index (χ3v) is 2.41. The van der Waals surface area contributed by atoms with Gasteiger partial charge in [0.1, 0.15) is 5.75 Å². The topological polar surface area (TPSA) is 61.5 Å². The molecule has 0 fully saturated rings. The predicted octanol–water partition coefficient (Wildman–Crippen LogP) is 2.04. The molecule has 1 aromatic rings. The van der Waals surface area contributed by atoms with E-state index >= 15 is 0 Å². The van der Waals surface area contributed by atoms with E-state index in [1.165, 1.54) is 0 Å². The van der Waals surface area contributed by atoms with Crippen molar-refractivity contribution in [3.8, 4) is 5.75 Å². The second kappa shape index (κ2) is 6.91. The summed E-state index contributed by atoms with van der Waals surface area (Å²) in [7, 11) is 0. The Bertz CT molecular complexity index is 365. The zero-order valence-corrected chi connectivity index (χ0v) is 10.3. The molecule has 0 spiro atoms. The smallest absolute Gasteiger partial charge is 0.344 e. The van der Waals surface area contributed by atoms with E-state index in [9.17, 15) is 4.79 Å². The third-order valence-electron chi connectivity index (χ3n) is 2.41. The second-order valence-corrected chi connectivity index (χ2v) is 3.65. The maximum Gasteiger partial charge on any atom is 0.344 e. The average molecular weight is 237 g/mol. The summed E-state index contributed by atoms with van der Waals surface area (Å²) >= 11 is 0. The van der Waals surface area contributed by atoms with E-state index in [1.54, 1.807) is 6.92 Å². The predicted molar refractivity (Wildman–Crippen MR) is 65.8 cm³/mol. The molecule has 0 amide bonds. The Morgan fingerprint density at radius 3 is 2.71 bits per heavy atom. The molecule has 0 aliphatic heterocycles. The summed E-state index contributed by atoms with van der Waals surface area (Å²) in [6.07, 6.45) is 0.819. The van der Waals surface area contributed by atoms with Gasteiger partial charge in [0, 0.05) is 11.6 Å². The Labute approximate surface area is 102 Å². The van der Waals surface area contributed by atoms with Gasteiger partial charge in [-0.15, -0.1) is 0 Å². The van der Waals surface area contributed by atoms with Gasteiger partial charge >= 0.3 is 5.97 Å². The molecule has 0 aliphatic rings. The van der Waals surface area contributed by atoms with Crippen molar-refractivity contribution < 1.29 is 14.3 Å². The van der Waals surface area contributed by atoms with Crippen molar-refractivity contribution in [3.05, 3.63) is 29.8 Å². The van der Waals surface area contributed by atoms with Gasteiger partial charge in [0.25, 0.3) is 0 Å². The number of carbonyl (C=O) groups is 1. The minimum atomic E-state index is -0.368. The minimum absolute atomic E-state index is 0.0756. The number of rotatable bonds is 6. The molecule has 1 atom stereocenters. The molecule has 94 valence electrons. The van der Waals surface area contributed by atoms with Crippen molar-refractivity contribution in [3.63, 3.8) is 0 Å². The van der Waals surface area contributed by atoms with E-state index in [0.717, 1.165) is 12.0 Å². The van der Waals surface area contributed by atoms with Crippen LogP contribution in [0.25, 0.3) is 0 Å². The van der Waals surface area contributed by atoms with Crippen LogP contribution in [0, 0.1) is 0 Å². The molecule has 1 rings (SSSR count). The van der Waals surface area contributed by atoms with Gasteiger partial charge < -0.3 is 15.2 Å². The molecular weight excluding hydrogens is 218 g/mol. The maximum absolute atomic E-state index is 11.2. The summed E-state index contributed by atoms with van der Waals surface area (Å²) in [6.45, 7) is 4.05. The Balaban J connectivity index is 2.67. The Morgan fingerprint density at radius 1 is 1.35 bits per heavy atom. The molecule has 0 aromatic heterocycles. The van der Waals surface area contributed by atoms with Gasteiger partial charge in [0.05, 0.1) is 6.61 Å². The number of esters is 1. The van der Waals surface area contributed by atoms with Crippen molar-refractivity contribution in [2.24, 2.45) is 5.73 Å². The summed E-state index contributed by atoms with van der Waals surface area (Å²) in [5.74, 6) is 0.280. The van der Waals surface area contributed by atoms with Crippen molar-refractivity contribution in [1.82, 2.24) is 0 Å². The fourth-order valence-corrected chi connectivity index (χ4v) is 1.48. The standard InChI is InChI=1S/C13H19NO3/c1-3-11(14)10-7-5-6-8-12(10)17-9-13(15)16-4-2/h5-8,11H,3-4,9,14H2,1-2H3. The van der Waals surface area contributed by atoms with Crippen LogP contribution in [0.5, 0.6) is 5.75 Å². The highest BCUT2D eigenvalue weighted by Gasteiger charge is 2.11. The van der Waals surface area contributed by atoms with Crippen LogP contribution in [-0.4, -0.2) is 19.2 Å². The van der Waals surface area contributed by atoms with Crippen LogP contribution in [0.4, 0.5) is 0 Å². The summed E-state index contributed by atoms with van der Waals surface area (Å²) in [6, 6.07) is 7.40. The van der Waals surface area contributed by atoms with Gasteiger partial charge in [-0.2, -0.15) is 0 Å². The lowest BCUT2D eigenvalue weighted by Crippen LogP contribution is -2.17. The largest absolute Gasteiger partial charge is 0.482 e. The zero-order chi connectivity index (χ0) is 12.7. The first-order valence-corrected chi connectivity index (χ1v) is 5.82. The molecule has 0 radical (unpaired) electrons. The van der Waals surface area contributed by atoms with E-state index in [4.69, 9.17) is 15.2 Å². The number of carbonyl (C=O) groups excluding carboxylic acids is 1. The summed E-state index contributed by atoms with van der Waals surface area (Å²) in [5.41, 5.74) is 6.88. The van der Waals surface area contributed by atoms with Gasteiger partial charge in [-0.3, -0.25) is 0 Å². The lowest BCUT2D eigenvalue weighted by atomic mass is 10.0. The van der Waals surface area contributed by atoms with Crippen LogP contribution in [0.1, 0.15) is 31.9 Å². The molecule has 0 saturated heterocycles. The molecular formula is C13H19NO3. The zero-order valence-electron chi connectivity index (χ0n) is 10.3. The van der Waals surface area contributed by atoms with E-state index in [-0.39, 0.29) is 18.6 Å². The Morgan fingerprint density at radius 2 is 2.06 bits per heavy atom. The number of hydrogen-bond acceptors (Lipinski definition) is 4. The highest BCUT2D eigenvalue weighted by Crippen LogP contribution is 2.25. The van der Waals surface area contributed by atoms with Gasteiger partial charge in [-0.25, -0.2) is 4.79 Å². The SMILES string of the molecule is CCOC(=O)COc1ccccc1C(N)CC. The summed E-state index contributed by atoms with van der Waals surface area (Å²) < 4.78 is 10.2. The molecule has 17 heavy (non-hydrogen) atoms. The average Bonchev–Trinajstić information content (AvgIpc) is 2.36. The van der Waals surface area contributed by atoms with Crippen molar-refractivity contribution in [2.45, 2.75) is 26.3 Å². The van der Waals surface area contributed by atoms with E-state index in [0.29, 0.717) is 12.4 Å². The van der Waals surface area contributed by atoms with Crippen LogP contribution in [-0.2, 0) is 9.53 Å². The van der Waals surface area contributed by atoms with E-state index < -0.39 is 0 Å². The molecule has 4 heteroatoms. The molecule has 1 unspecified atom stereocenters. The number of para-hydroxylation sites is 1. The molecule has 0 saturated carbocycles. The minimum Gasteiger partial charge on any atom is -0.482 e. The van der Waals surface area contributed by atoms with Crippen LogP contribution in [0.2, 0.25) is 0 Å². The Kier molecular flexibility index (Phi) is 5.49. The monoisotopic (exact) mass is 237 g/mol. The fourth-order valence-electron chi connectivity index (χ4n) is 1.48. The normalized spacial score (nSPS) is 11.9. The molecule has 4 nitrogen and oxygen atoms in total. The van der Waals surface area contributed by atoms with Crippen LogP contribution >= 0.6 is 0 Å². The number of benzene rings is 1. The first-order valence-electron chi connectivity index (χ1n) is 5.82. The highest BCUT2D eigenvalue weighted by molar-refractivity contribution is 5.71. The van der Waals surface area contributed by atoms with E-state index in [2.05, 4.69) is 0 Å². The van der Waals surface area contributed by atoms with Crippen molar-refractivity contribution in [2.75, 3.05) is 13.2 Å². The molecule has 0 aliphatic carbocycles. The molecule has 0 bridgehead atoms. The van der Waals surface area contributed by atoms with Gasteiger partial charge in [-0.1, -0.05) is 25.1 Å². The maximum atomic E-state index is 11.2. The van der Waals surface area contributed by atoms with Crippen LogP contribution in [0.15, 0.2) is 24.3 Å². The van der Waals surface area contributed by atoms with Gasteiger partial charge in [0.15, 0.2) is 6.61 Å². The van der Waals surface area contributed by atoms with Gasteiger partial charge in [0.2, 0.25) is 0 Å². The lowest BCUT2D eigenvalue weighted by Gasteiger charge is -2.15. The first-order chi connectivity index (χ1) is 8.19. The quantitative estimate of drug-likeness (QED) is 0.769. The van der Waals surface area contributed by atoms with Crippen LogP contribution in [0.3, 0.4) is 0 Å². The number of nitrogens with two attached hydrogens (primary N) is 1. The van der Waals surface area contributed by atoms with Crippen molar-refractivity contribution >= 4 is 5.97 Å². The molecule has 0 heterocycles. The van der Waals surface area contributed by atoms with E-state index in [1.807, 2.05) is 31.2 Å². The molecule has 1 aromatic carbocycles. The van der Waals surface area contributed by atoms with Crippen LogP contribution < -0.4 is 10.5 Å². The molecule has 2 N–H and O–H groups in total. The fraction of sp³-hybridized carbons (Fsp3) is 0.462. The van der Waals surface area contributed by atoms with Crippen molar-refractivity contribution in [1.29, 1.82) is 0 Å². The highest BCUT2D eigenvalue weighted by atomic mass is 16.6. The van der Waals surface area contributed by atoms with Gasteiger partial charge in [-0.05, 0) is 19.4 Å². The Hall–Kier alpha value is -1.55. The number of hydrogen-bond donors (Lipinski definition) is 1. The summed E-state index contributed by atoms with van der Waals surface area (Å²) in [5, 5.41) is 0. The third kappa shape index (κ3) is 4.07.